The number of thioether (sulfide) groups is 1. The number of hydrogen-bond donors (Lipinski definition) is 1. The van der Waals surface area contributed by atoms with Crippen molar-refractivity contribution in [3.63, 3.8) is 0 Å². The van der Waals surface area contributed by atoms with E-state index in [1.807, 2.05) is 0 Å². The summed E-state index contributed by atoms with van der Waals surface area (Å²) in [5.74, 6) is -0.639. The molecule has 0 fully saturated rings. The minimum absolute atomic E-state index is 0.186. The Morgan fingerprint density at radius 3 is 2.32 bits per heavy atom. The molecule has 7 nitrogen and oxygen atoms in total. The molecule has 8 heteroatoms. The molecule has 1 N–H and O–H groups in total. The number of rotatable bonds is 4. The highest BCUT2D eigenvalue weighted by atomic mass is 32.2. The first-order chi connectivity index (χ1) is 13.5. The Hall–Kier alpha value is -3.26. The van der Waals surface area contributed by atoms with E-state index in [0.29, 0.717) is 33.1 Å². The molecule has 1 aliphatic rings. The lowest BCUT2D eigenvalue weighted by Gasteiger charge is -2.18. The van der Waals surface area contributed by atoms with Crippen molar-refractivity contribution in [1.29, 1.82) is 0 Å². The summed E-state index contributed by atoms with van der Waals surface area (Å²) in [6.07, 6.45) is 1.57. The van der Waals surface area contributed by atoms with Gasteiger partial charge in [-0.2, -0.15) is 0 Å². The van der Waals surface area contributed by atoms with Crippen LogP contribution in [0.15, 0.2) is 53.9 Å². The zero-order valence-electron chi connectivity index (χ0n) is 15.2. The maximum absolute atomic E-state index is 12.8. The van der Waals surface area contributed by atoms with Crippen LogP contribution in [-0.2, 0) is 11.8 Å². The molecular formula is C20H16N4O3S. The Kier molecular flexibility index (Phi) is 4.56. The van der Waals surface area contributed by atoms with Crippen LogP contribution in [0.3, 0.4) is 0 Å². The SMILES string of the molecule is C[C@@H](Sc1nncn1C)C(=O)Nc1ccc2c(c1)C(=O)c1ccccc1C2=O. The Morgan fingerprint density at radius 2 is 1.68 bits per heavy atom. The van der Waals surface area contributed by atoms with Crippen LogP contribution in [0.1, 0.15) is 38.8 Å². The smallest absolute Gasteiger partial charge is 0.237 e. The molecule has 1 atom stereocenters. The van der Waals surface area contributed by atoms with Gasteiger partial charge in [0.25, 0.3) is 0 Å². The number of amides is 1. The van der Waals surface area contributed by atoms with Gasteiger partial charge in [0.2, 0.25) is 5.91 Å². The molecule has 0 saturated heterocycles. The highest BCUT2D eigenvalue weighted by Gasteiger charge is 2.29. The molecule has 1 aliphatic carbocycles. The first kappa shape index (κ1) is 18.1. The minimum atomic E-state index is -0.419. The molecule has 0 aliphatic heterocycles. The molecule has 0 saturated carbocycles. The molecule has 3 aromatic rings. The molecule has 0 unspecified atom stereocenters. The monoisotopic (exact) mass is 392 g/mol. The first-order valence-electron chi connectivity index (χ1n) is 8.59. The molecule has 0 spiro atoms. The van der Waals surface area contributed by atoms with Crippen LogP contribution < -0.4 is 5.32 Å². The molecule has 0 radical (unpaired) electrons. The minimum Gasteiger partial charge on any atom is -0.325 e. The van der Waals surface area contributed by atoms with Crippen molar-refractivity contribution in [3.05, 3.63) is 71.0 Å². The lowest BCUT2D eigenvalue weighted by molar-refractivity contribution is -0.115. The zero-order valence-corrected chi connectivity index (χ0v) is 16.0. The van der Waals surface area contributed by atoms with Crippen LogP contribution >= 0.6 is 11.8 Å². The van der Waals surface area contributed by atoms with E-state index in [-0.39, 0.29) is 17.5 Å². The molecule has 2 aromatic carbocycles. The maximum Gasteiger partial charge on any atom is 0.237 e. The highest BCUT2D eigenvalue weighted by Crippen LogP contribution is 2.29. The zero-order chi connectivity index (χ0) is 19.8. The van der Waals surface area contributed by atoms with E-state index < -0.39 is 5.25 Å². The van der Waals surface area contributed by atoms with E-state index in [4.69, 9.17) is 0 Å². The van der Waals surface area contributed by atoms with Gasteiger partial charge in [-0.3, -0.25) is 14.4 Å². The number of benzene rings is 2. The summed E-state index contributed by atoms with van der Waals surface area (Å²) < 4.78 is 1.73. The van der Waals surface area contributed by atoms with Crippen LogP contribution in [0.25, 0.3) is 0 Å². The molecule has 1 amide bonds. The van der Waals surface area contributed by atoms with Gasteiger partial charge >= 0.3 is 0 Å². The third-order valence-electron chi connectivity index (χ3n) is 4.51. The number of ketones is 2. The molecule has 140 valence electrons. The predicted molar refractivity (Wildman–Crippen MR) is 105 cm³/mol. The summed E-state index contributed by atoms with van der Waals surface area (Å²) in [7, 11) is 1.80. The second kappa shape index (κ2) is 7.05. The molecule has 0 bridgehead atoms. The Labute approximate surface area is 165 Å². The van der Waals surface area contributed by atoms with E-state index in [1.165, 1.54) is 11.8 Å². The van der Waals surface area contributed by atoms with Crippen molar-refractivity contribution in [2.75, 3.05) is 5.32 Å². The van der Waals surface area contributed by atoms with Crippen LogP contribution in [0, 0.1) is 0 Å². The normalized spacial score (nSPS) is 13.6. The van der Waals surface area contributed by atoms with E-state index >= 15 is 0 Å². The van der Waals surface area contributed by atoms with Crippen LogP contribution in [-0.4, -0.2) is 37.5 Å². The average molecular weight is 392 g/mol. The molecule has 4 rings (SSSR count). The third-order valence-corrected chi connectivity index (χ3v) is 5.66. The van der Waals surface area contributed by atoms with Crippen LogP contribution in [0.4, 0.5) is 5.69 Å². The summed E-state index contributed by atoms with van der Waals surface area (Å²) in [5.41, 5.74) is 1.91. The van der Waals surface area contributed by atoms with E-state index in [1.54, 1.807) is 67.3 Å². The quantitative estimate of drug-likeness (QED) is 0.537. The summed E-state index contributed by atoms with van der Waals surface area (Å²) in [6.45, 7) is 1.76. The lowest BCUT2D eigenvalue weighted by Crippen LogP contribution is -2.24. The lowest BCUT2D eigenvalue weighted by atomic mass is 9.84. The first-order valence-corrected chi connectivity index (χ1v) is 9.47. The summed E-state index contributed by atoms with van der Waals surface area (Å²) in [6, 6.07) is 11.5. The molecule has 28 heavy (non-hydrogen) atoms. The van der Waals surface area contributed by atoms with Crippen molar-refractivity contribution in [2.24, 2.45) is 7.05 Å². The fraction of sp³-hybridized carbons (Fsp3) is 0.150. The molecule has 1 aromatic heterocycles. The van der Waals surface area contributed by atoms with Gasteiger partial charge in [-0.25, -0.2) is 0 Å². The standard InChI is InChI=1S/C20H16N4O3S/c1-11(28-20-23-21-10-24(20)2)19(27)22-12-7-8-15-16(9-12)18(26)14-6-4-3-5-13(14)17(15)25/h3-11H,1-2H3,(H,22,27)/t11-/m1/s1. The highest BCUT2D eigenvalue weighted by molar-refractivity contribution is 8.00. The van der Waals surface area contributed by atoms with Gasteiger partial charge in [0.15, 0.2) is 16.7 Å². The van der Waals surface area contributed by atoms with Crippen molar-refractivity contribution in [1.82, 2.24) is 14.8 Å². The summed E-state index contributed by atoms with van der Waals surface area (Å²) in [5, 5.41) is 10.8. The van der Waals surface area contributed by atoms with E-state index in [0.717, 1.165) is 0 Å². The number of carbonyl (C=O) groups is 3. The second-order valence-electron chi connectivity index (χ2n) is 6.44. The number of hydrogen-bond acceptors (Lipinski definition) is 6. The van der Waals surface area contributed by atoms with Gasteiger partial charge in [-0.1, -0.05) is 36.0 Å². The van der Waals surface area contributed by atoms with Gasteiger partial charge in [-0.05, 0) is 25.1 Å². The van der Waals surface area contributed by atoms with Gasteiger partial charge in [-0.15, -0.1) is 10.2 Å². The summed E-state index contributed by atoms with van der Waals surface area (Å²) >= 11 is 1.28. The van der Waals surface area contributed by atoms with Crippen molar-refractivity contribution in [2.45, 2.75) is 17.3 Å². The molecule has 1 heterocycles. The van der Waals surface area contributed by atoms with E-state index in [9.17, 15) is 14.4 Å². The Bertz CT molecular complexity index is 1120. The second-order valence-corrected chi connectivity index (χ2v) is 7.75. The number of nitrogens with zero attached hydrogens (tertiary/aromatic N) is 3. The number of nitrogens with one attached hydrogen (secondary N) is 1. The van der Waals surface area contributed by atoms with Crippen molar-refractivity contribution < 1.29 is 14.4 Å². The number of carbonyl (C=O) groups excluding carboxylic acids is 3. The number of anilines is 1. The van der Waals surface area contributed by atoms with Crippen LogP contribution in [0.2, 0.25) is 0 Å². The Balaban J connectivity index is 1.56. The Morgan fingerprint density at radius 1 is 1.04 bits per heavy atom. The van der Waals surface area contributed by atoms with Crippen LogP contribution in [0.5, 0.6) is 0 Å². The number of aromatic nitrogens is 3. The fourth-order valence-corrected chi connectivity index (χ4v) is 3.80. The largest absolute Gasteiger partial charge is 0.325 e. The van der Waals surface area contributed by atoms with Gasteiger partial charge in [0.1, 0.15) is 6.33 Å². The van der Waals surface area contributed by atoms with Gasteiger partial charge in [0.05, 0.1) is 5.25 Å². The maximum atomic E-state index is 12.8. The van der Waals surface area contributed by atoms with Gasteiger partial charge < -0.3 is 9.88 Å². The topological polar surface area (TPSA) is 93.9 Å². The van der Waals surface area contributed by atoms with E-state index in [2.05, 4.69) is 15.5 Å². The average Bonchev–Trinajstić information content (AvgIpc) is 3.10. The fourth-order valence-electron chi connectivity index (χ4n) is 3.01. The van der Waals surface area contributed by atoms with Crippen molar-refractivity contribution in [3.8, 4) is 0 Å². The van der Waals surface area contributed by atoms with Gasteiger partial charge in [0, 0.05) is 35.0 Å². The predicted octanol–water partition coefficient (Wildman–Crippen LogP) is 2.71. The number of aryl methyl sites for hydroxylation is 1. The summed E-state index contributed by atoms with van der Waals surface area (Å²) in [4.78, 5) is 38.0. The number of fused-ring (bicyclic) bond motifs is 2. The molecular weight excluding hydrogens is 376 g/mol. The third kappa shape index (κ3) is 3.11. The van der Waals surface area contributed by atoms with Crippen molar-refractivity contribution >= 4 is 34.9 Å².